The molecule has 0 saturated heterocycles. The van der Waals surface area contributed by atoms with E-state index >= 15 is 0 Å². The number of hydrogen-bond donors (Lipinski definition) is 2. The Labute approximate surface area is 94.7 Å². The van der Waals surface area contributed by atoms with Crippen LogP contribution in [0.5, 0.6) is 0 Å². The van der Waals surface area contributed by atoms with Crippen LogP contribution >= 0.6 is 0 Å². The highest BCUT2D eigenvalue weighted by Gasteiger charge is 2.13. The van der Waals surface area contributed by atoms with Gasteiger partial charge in [0.05, 0.1) is 11.9 Å². The fraction of sp³-hybridized carbons (Fsp3) is 0.308. The summed E-state index contributed by atoms with van der Waals surface area (Å²) >= 11 is 0. The number of H-pyrrole nitrogens is 1. The number of hydrogen-bond acceptors (Lipinski definition) is 2. The van der Waals surface area contributed by atoms with E-state index in [2.05, 4.69) is 28.4 Å². The monoisotopic (exact) mass is 213 g/mol. The molecule has 3 rings (SSSR count). The van der Waals surface area contributed by atoms with Gasteiger partial charge in [0.1, 0.15) is 0 Å². The molecule has 0 amide bonds. The second-order valence-electron chi connectivity index (χ2n) is 4.30. The highest BCUT2D eigenvalue weighted by Crippen LogP contribution is 2.28. The predicted molar refractivity (Wildman–Crippen MR) is 63.9 cm³/mol. The van der Waals surface area contributed by atoms with Crippen molar-refractivity contribution in [2.75, 3.05) is 0 Å². The molecule has 16 heavy (non-hydrogen) atoms. The number of aromatic amines is 1. The second-order valence-corrected chi connectivity index (χ2v) is 4.30. The van der Waals surface area contributed by atoms with Gasteiger partial charge >= 0.3 is 0 Å². The van der Waals surface area contributed by atoms with E-state index in [9.17, 15) is 0 Å². The summed E-state index contributed by atoms with van der Waals surface area (Å²) in [5.74, 6) is 0. The van der Waals surface area contributed by atoms with Crippen molar-refractivity contribution in [3.63, 3.8) is 0 Å². The number of benzene rings is 1. The fourth-order valence-electron chi connectivity index (χ4n) is 2.46. The third-order valence-electron chi connectivity index (χ3n) is 3.33. The van der Waals surface area contributed by atoms with Crippen molar-refractivity contribution in [3.8, 4) is 11.1 Å². The van der Waals surface area contributed by atoms with E-state index in [1.54, 1.807) is 0 Å². The van der Waals surface area contributed by atoms with E-state index in [0.29, 0.717) is 6.54 Å². The van der Waals surface area contributed by atoms with Crippen LogP contribution in [-0.4, -0.2) is 10.2 Å². The highest BCUT2D eigenvalue weighted by molar-refractivity contribution is 5.66. The standard InChI is InChI=1S/C13H15N3/c14-7-13-12(8-15-16-13)11-5-4-9-2-1-3-10(9)6-11/h4-6,8H,1-3,7,14H2,(H,15,16). The van der Waals surface area contributed by atoms with Gasteiger partial charge in [0.15, 0.2) is 0 Å². The first-order valence-corrected chi connectivity index (χ1v) is 5.73. The molecule has 3 nitrogen and oxygen atoms in total. The summed E-state index contributed by atoms with van der Waals surface area (Å²) in [6.07, 6.45) is 5.58. The highest BCUT2D eigenvalue weighted by atomic mass is 15.1. The van der Waals surface area contributed by atoms with Gasteiger partial charge < -0.3 is 5.73 Å². The van der Waals surface area contributed by atoms with E-state index in [0.717, 1.165) is 11.3 Å². The normalized spacial score (nSPS) is 14.1. The topological polar surface area (TPSA) is 54.7 Å². The van der Waals surface area contributed by atoms with Crippen LogP contribution in [0.15, 0.2) is 24.4 Å². The molecule has 2 aromatic rings. The zero-order valence-corrected chi connectivity index (χ0v) is 9.16. The van der Waals surface area contributed by atoms with Gasteiger partial charge in [-0.25, -0.2) is 0 Å². The summed E-state index contributed by atoms with van der Waals surface area (Å²) in [5, 5.41) is 7.00. The van der Waals surface area contributed by atoms with Gasteiger partial charge in [0.25, 0.3) is 0 Å². The average Bonchev–Trinajstić information content (AvgIpc) is 2.96. The third-order valence-corrected chi connectivity index (χ3v) is 3.33. The van der Waals surface area contributed by atoms with Crippen LogP contribution in [-0.2, 0) is 19.4 Å². The Kier molecular flexibility index (Phi) is 2.26. The molecule has 3 N–H and O–H groups in total. The smallest absolute Gasteiger partial charge is 0.0569 e. The largest absolute Gasteiger partial charge is 0.325 e. The minimum Gasteiger partial charge on any atom is -0.325 e. The number of fused-ring (bicyclic) bond motifs is 1. The van der Waals surface area contributed by atoms with Crippen molar-refractivity contribution in [3.05, 3.63) is 41.2 Å². The van der Waals surface area contributed by atoms with Crippen molar-refractivity contribution in [2.45, 2.75) is 25.8 Å². The lowest BCUT2D eigenvalue weighted by Crippen LogP contribution is -1.98. The van der Waals surface area contributed by atoms with Gasteiger partial charge in [-0.15, -0.1) is 0 Å². The Morgan fingerprint density at radius 2 is 2.12 bits per heavy atom. The number of rotatable bonds is 2. The first-order valence-electron chi connectivity index (χ1n) is 5.73. The van der Waals surface area contributed by atoms with Crippen LogP contribution in [0.3, 0.4) is 0 Å². The molecule has 1 aromatic heterocycles. The first-order chi connectivity index (χ1) is 7.88. The summed E-state index contributed by atoms with van der Waals surface area (Å²) in [7, 11) is 0. The summed E-state index contributed by atoms with van der Waals surface area (Å²) in [4.78, 5) is 0. The Morgan fingerprint density at radius 1 is 1.25 bits per heavy atom. The van der Waals surface area contributed by atoms with Gasteiger partial charge in [-0.3, -0.25) is 5.10 Å². The molecule has 0 radical (unpaired) electrons. The van der Waals surface area contributed by atoms with Crippen molar-refractivity contribution >= 4 is 0 Å². The van der Waals surface area contributed by atoms with Crippen molar-refractivity contribution < 1.29 is 0 Å². The molecule has 0 unspecified atom stereocenters. The number of nitrogens with zero attached hydrogens (tertiary/aromatic N) is 1. The molecule has 1 aliphatic rings. The molecule has 0 fully saturated rings. The lowest BCUT2D eigenvalue weighted by molar-refractivity contribution is 0.912. The number of nitrogens with one attached hydrogen (secondary N) is 1. The van der Waals surface area contributed by atoms with Gasteiger partial charge in [-0.05, 0) is 36.0 Å². The summed E-state index contributed by atoms with van der Waals surface area (Å²) in [6.45, 7) is 0.506. The maximum atomic E-state index is 5.67. The molecule has 1 heterocycles. The van der Waals surface area contributed by atoms with Crippen LogP contribution < -0.4 is 5.73 Å². The maximum absolute atomic E-state index is 5.67. The van der Waals surface area contributed by atoms with Crippen LogP contribution in [0.1, 0.15) is 23.2 Å². The molecule has 3 heteroatoms. The Hall–Kier alpha value is -1.61. The Morgan fingerprint density at radius 3 is 3.00 bits per heavy atom. The van der Waals surface area contributed by atoms with Crippen molar-refractivity contribution in [2.24, 2.45) is 5.73 Å². The van der Waals surface area contributed by atoms with Crippen molar-refractivity contribution in [1.29, 1.82) is 0 Å². The van der Waals surface area contributed by atoms with E-state index < -0.39 is 0 Å². The maximum Gasteiger partial charge on any atom is 0.0569 e. The molecule has 0 atom stereocenters. The minimum absolute atomic E-state index is 0.506. The zero-order chi connectivity index (χ0) is 11.0. The second kappa shape index (κ2) is 3.76. The lowest BCUT2D eigenvalue weighted by Gasteiger charge is -2.04. The fourth-order valence-corrected chi connectivity index (χ4v) is 2.46. The SMILES string of the molecule is NCc1[nH]ncc1-c1ccc2c(c1)CCC2. The molecule has 0 aliphatic heterocycles. The lowest BCUT2D eigenvalue weighted by atomic mass is 10.0. The zero-order valence-electron chi connectivity index (χ0n) is 9.16. The minimum atomic E-state index is 0.506. The van der Waals surface area contributed by atoms with Gasteiger partial charge in [-0.1, -0.05) is 18.2 Å². The van der Waals surface area contributed by atoms with Crippen LogP contribution in [0.2, 0.25) is 0 Å². The average molecular weight is 213 g/mol. The molecule has 0 saturated carbocycles. The molecule has 1 aromatic carbocycles. The van der Waals surface area contributed by atoms with Gasteiger partial charge in [0, 0.05) is 12.1 Å². The van der Waals surface area contributed by atoms with E-state index in [-0.39, 0.29) is 0 Å². The van der Waals surface area contributed by atoms with Crippen molar-refractivity contribution in [1.82, 2.24) is 10.2 Å². The van der Waals surface area contributed by atoms with Crippen LogP contribution in [0.25, 0.3) is 11.1 Å². The molecule has 0 bridgehead atoms. The molecule has 1 aliphatic carbocycles. The predicted octanol–water partition coefficient (Wildman–Crippen LogP) is 2.02. The Bertz CT molecular complexity index is 514. The quantitative estimate of drug-likeness (QED) is 0.802. The number of nitrogens with two attached hydrogens (primary N) is 1. The first kappa shape index (κ1) is 9.60. The number of aryl methyl sites for hydroxylation is 2. The van der Waals surface area contributed by atoms with Gasteiger partial charge in [-0.2, -0.15) is 5.10 Å². The van der Waals surface area contributed by atoms with Crippen LogP contribution in [0.4, 0.5) is 0 Å². The van der Waals surface area contributed by atoms with E-state index in [1.807, 2.05) is 6.20 Å². The molecular weight excluding hydrogens is 198 g/mol. The van der Waals surface area contributed by atoms with E-state index in [1.165, 1.54) is 36.0 Å². The molecule has 0 spiro atoms. The van der Waals surface area contributed by atoms with E-state index in [4.69, 9.17) is 5.73 Å². The Balaban J connectivity index is 2.07. The number of aromatic nitrogens is 2. The van der Waals surface area contributed by atoms with Gasteiger partial charge in [0.2, 0.25) is 0 Å². The molecule has 82 valence electrons. The summed E-state index contributed by atoms with van der Waals surface area (Å²) in [5.41, 5.74) is 12.0. The van der Waals surface area contributed by atoms with Crippen LogP contribution in [0, 0.1) is 0 Å². The summed E-state index contributed by atoms with van der Waals surface area (Å²) < 4.78 is 0. The summed E-state index contributed by atoms with van der Waals surface area (Å²) in [6, 6.07) is 6.70. The third kappa shape index (κ3) is 1.44. The molecular formula is C13H15N3.